The molecule has 0 unspecified atom stereocenters. The topological polar surface area (TPSA) is 60.7 Å². The van der Waals surface area contributed by atoms with Crippen LogP contribution in [0.3, 0.4) is 0 Å². The first-order chi connectivity index (χ1) is 5.82. The van der Waals surface area contributed by atoms with Crippen molar-refractivity contribution in [2.24, 2.45) is 0 Å². The molecule has 0 saturated heterocycles. The van der Waals surface area contributed by atoms with Crippen LogP contribution in [-0.4, -0.2) is 15.3 Å². The van der Waals surface area contributed by atoms with Gasteiger partial charge in [0.25, 0.3) is 0 Å². The Morgan fingerprint density at radius 3 is 2.00 bits per heavy atom. The van der Waals surface area contributed by atoms with Crippen molar-refractivity contribution in [3.8, 4) is 17.2 Å². The normalized spacial score (nSPS) is 11.6. The molecule has 3 heteroatoms. The summed E-state index contributed by atoms with van der Waals surface area (Å²) < 4.78 is 0. The predicted octanol–water partition coefficient (Wildman–Crippen LogP) is 2.10. The van der Waals surface area contributed by atoms with Crippen molar-refractivity contribution >= 4 is 0 Å². The molecule has 0 aliphatic carbocycles. The van der Waals surface area contributed by atoms with Crippen LogP contribution in [0.2, 0.25) is 0 Å². The van der Waals surface area contributed by atoms with Gasteiger partial charge in [-0.25, -0.2) is 0 Å². The second-order valence-corrected chi connectivity index (χ2v) is 4.11. The summed E-state index contributed by atoms with van der Waals surface area (Å²) in [5.41, 5.74) is 0.227. The number of aromatic hydroxyl groups is 3. The maximum atomic E-state index is 9.50. The second kappa shape index (κ2) is 2.83. The molecule has 0 spiro atoms. The molecule has 1 aromatic rings. The number of hydrogen-bond donors (Lipinski definition) is 3. The minimum atomic E-state index is -0.305. The second-order valence-electron chi connectivity index (χ2n) is 4.11. The monoisotopic (exact) mass is 182 g/mol. The fourth-order valence-corrected chi connectivity index (χ4v) is 1.18. The summed E-state index contributed by atoms with van der Waals surface area (Å²) in [6.45, 7) is 5.67. The average molecular weight is 182 g/mol. The summed E-state index contributed by atoms with van der Waals surface area (Å²) in [4.78, 5) is 0. The maximum absolute atomic E-state index is 9.50. The molecule has 0 aliphatic heterocycles. The van der Waals surface area contributed by atoms with Crippen molar-refractivity contribution in [3.63, 3.8) is 0 Å². The molecule has 0 bridgehead atoms. The van der Waals surface area contributed by atoms with Gasteiger partial charge >= 0.3 is 0 Å². The minimum Gasteiger partial charge on any atom is -0.508 e. The van der Waals surface area contributed by atoms with Gasteiger partial charge in [-0.15, -0.1) is 0 Å². The average Bonchev–Trinajstić information content (AvgIpc) is 1.94. The van der Waals surface area contributed by atoms with Crippen molar-refractivity contribution in [1.29, 1.82) is 0 Å². The lowest BCUT2D eigenvalue weighted by Gasteiger charge is -2.20. The van der Waals surface area contributed by atoms with Gasteiger partial charge in [0.2, 0.25) is 0 Å². The van der Waals surface area contributed by atoms with Crippen LogP contribution in [0, 0.1) is 0 Å². The molecule has 1 aromatic carbocycles. The molecule has 3 N–H and O–H groups in total. The van der Waals surface area contributed by atoms with E-state index < -0.39 is 0 Å². The van der Waals surface area contributed by atoms with Crippen LogP contribution in [0.4, 0.5) is 0 Å². The zero-order valence-electron chi connectivity index (χ0n) is 8.00. The highest BCUT2D eigenvalue weighted by Gasteiger charge is 2.21. The molecule has 0 fully saturated rings. The fraction of sp³-hybridized carbons (Fsp3) is 0.400. The largest absolute Gasteiger partial charge is 0.508 e. The Hall–Kier alpha value is -1.38. The minimum absolute atomic E-state index is 0.0415. The Morgan fingerprint density at radius 2 is 1.54 bits per heavy atom. The number of benzene rings is 1. The van der Waals surface area contributed by atoms with Crippen LogP contribution < -0.4 is 0 Å². The van der Waals surface area contributed by atoms with E-state index in [-0.39, 0.29) is 22.7 Å². The summed E-state index contributed by atoms with van der Waals surface area (Å²) in [6, 6.07) is 2.57. The van der Waals surface area contributed by atoms with E-state index >= 15 is 0 Å². The molecule has 0 amide bonds. The molecular formula is C10H14O3. The van der Waals surface area contributed by atoms with Crippen LogP contribution in [0.5, 0.6) is 17.2 Å². The number of phenols is 3. The van der Waals surface area contributed by atoms with Gasteiger partial charge in [-0.2, -0.15) is 0 Å². The molecule has 3 nitrogen and oxygen atoms in total. The molecule has 0 saturated carbocycles. The van der Waals surface area contributed by atoms with Crippen LogP contribution in [-0.2, 0) is 5.41 Å². The van der Waals surface area contributed by atoms with E-state index in [0.29, 0.717) is 5.56 Å². The highest BCUT2D eigenvalue weighted by Crippen LogP contribution is 2.39. The lowest BCUT2D eigenvalue weighted by atomic mass is 9.86. The van der Waals surface area contributed by atoms with Crippen molar-refractivity contribution < 1.29 is 15.3 Å². The number of rotatable bonds is 0. The van der Waals surface area contributed by atoms with E-state index in [0.717, 1.165) is 6.07 Å². The van der Waals surface area contributed by atoms with Crippen molar-refractivity contribution in [1.82, 2.24) is 0 Å². The van der Waals surface area contributed by atoms with Gasteiger partial charge in [-0.3, -0.25) is 0 Å². The van der Waals surface area contributed by atoms with Gasteiger partial charge in [0, 0.05) is 11.6 Å². The first kappa shape index (κ1) is 9.71. The van der Waals surface area contributed by atoms with Crippen LogP contribution in [0.25, 0.3) is 0 Å². The Balaban J connectivity index is 3.37. The zero-order valence-corrected chi connectivity index (χ0v) is 8.00. The molecule has 1 rings (SSSR count). The van der Waals surface area contributed by atoms with Crippen LogP contribution in [0.15, 0.2) is 12.1 Å². The summed E-state index contributed by atoms with van der Waals surface area (Å²) in [7, 11) is 0. The van der Waals surface area contributed by atoms with Crippen molar-refractivity contribution in [2.45, 2.75) is 26.2 Å². The standard InChI is InChI=1S/C10H14O3/c1-10(2,3)7-4-6(11)5-8(12)9(7)13/h4-5,11-13H,1-3H3. The van der Waals surface area contributed by atoms with Crippen LogP contribution >= 0.6 is 0 Å². The van der Waals surface area contributed by atoms with Crippen molar-refractivity contribution in [3.05, 3.63) is 17.7 Å². The molecule has 0 atom stereocenters. The lowest BCUT2D eigenvalue weighted by Crippen LogP contribution is -2.11. The van der Waals surface area contributed by atoms with E-state index in [1.54, 1.807) is 0 Å². The number of hydrogen-bond acceptors (Lipinski definition) is 3. The van der Waals surface area contributed by atoms with E-state index in [4.69, 9.17) is 0 Å². The van der Waals surface area contributed by atoms with E-state index in [1.807, 2.05) is 20.8 Å². The van der Waals surface area contributed by atoms with Gasteiger partial charge in [0.05, 0.1) is 0 Å². The molecular weight excluding hydrogens is 168 g/mol. The molecule has 0 aromatic heterocycles. The highest BCUT2D eigenvalue weighted by atomic mass is 16.3. The summed E-state index contributed by atoms with van der Waals surface area (Å²) >= 11 is 0. The van der Waals surface area contributed by atoms with Gasteiger partial charge in [0.1, 0.15) is 5.75 Å². The predicted molar refractivity (Wildman–Crippen MR) is 50.1 cm³/mol. The third kappa shape index (κ3) is 1.86. The van der Waals surface area contributed by atoms with Gasteiger partial charge < -0.3 is 15.3 Å². The molecule has 13 heavy (non-hydrogen) atoms. The Bertz CT molecular complexity index is 324. The summed E-state index contributed by atoms with van der Waals surface area (Å²) in [5.74, 6) is -0.490. The Kier molecular flexibility index (Phi) is 2.12. The van der Waals surface area contributed by atoms with Gasteiger partial charge in [-0.05, 0) is 11.5 Å². The van der Waals surface area contributed by atoms with Gasteiger partial charge in [-0.1, -0.05) is 20.8 Å². The van der Waals surface area contributed by atoms with Gasteiger partial charge in [0.15, 0.2) is 11.5 Å². The van der Waals surface area contributed by atoms with E-state index in [1.165, 1.54) is 6.07 Å². The highest BCUT2D eigenvalue weighted by molar-refractivity contribution is 5.52. The maximum Gasteiger partial charge on any atom is 0.161 e. The van der Waals surface area contributed by atoms with E-state index in [9.17, 15) is 15.3 Å². The molecule has 0 heterocycles. The first-order valence-electron chi connectivity index (χ1n) is 4.08. The zero-order chi connectivity index (χ0) is 10.2. The van der Waals surface area contributed by atoms with E-state index in [2.05, 4.69) is 0 Å². The molecule has 72 valence electrons. The fourth-order valence-electron chi connectivity index (χ4n) is 1.18. The molecule has 0 radical (unpaired) electrons. The third-order valence-electron chi connectivity index (χ3n) is 1.88. The first-order valence-corrected chi connectivity index (χ1v) is 4.08. The van der Waals surface area contributed by atoms with Crippen molar-refractivity contribution in [2.75, 3.05) is 0 Å². The Morgan fingerprint density at radius 1 is 1.00 bits per heavy atom. The lowest BCUT2D eigenvalue weighted by molar-refractivity contribution is 0.381. The molecule has 0 aliphatic rings. The summed E-state index contributed by atoms with van der Waals surface area (Å²) in [6.07, 6.45) is 0. The number of phenolic OH excluding ortho intramolecular Hbond substituents is 3. The smallest absolute Gasteiger partial charge is 0.161 e. The third-order valence-corrected chi connectivity index (χ3v) is 1.88. The van der Waals surface area contributed by atoms with Crippen LogP contribution in [0.1, 0.15) is 26.3 Å². The SMILES string of the molecule is CC(C)(C)c1cc(O)cc(O)c1O. The Labute approximate surface area is 77.3 Å². The quantitative estimate of drug-likeness (QED) is 0.425. The summed E-state index contributed by atoms with van der Waals surface area (Å²) in [5, 5.41) is 27.9.